The molecule has 2 unspecified atom stereocenters. The number of aryl methyl sites for hydroxylation is 2. The van der Waals surface area contributed by atoms with Crippen molar-refractivity contribution in [3.05, 3.63) is 17.5 Å². The van der Waals surface area contributed by atoms with Crippen LogP contribution in [0.3, 0.4) is 0 Å². The van der Waals surface area contributed by atoms with E-state index in [2.05, 4.69) is 23.0 Å². The summed E-state index contributed by atoms with van der Waals surface area (Å²) in [6, 6.07) is 2.72. The zero-order valence-corrected chi connectivity index (χ0v) is 11.9. The van der Waals surface area contributed by atoms with Gasteiger partial charge < -0.3 is 5.73 Å². The second-order valence-electron chi connectivity index (χ2n) is 5.56. The van der Waals surface area contributed by atoms with Crippen LogP contribution in [0, 0.1) is 12.8 Å². The zero-order valence-electron chi connectivity index (χ0n) is 11.9. The molecule has 1 saturated heterocycles. The van der Waals surface area contributed by atoms with E-state index in [0.29, 0.717) is 6.04 Å². The van der Waals surface area contributed by atoms with E-state index in [1.54, 1.807) is 0 Å². The van der Waals surface area contributed by atoms with Gasteiger partial charge in [0.1, 0.15) is 0 Å². The third-order valence-corrected chi connectivity index (χ3v) is 4.26. The maximum Gasteiger partial charge on any atom is 0.0597 e. The Kier molecular flexibility index (Phi) is 4.40. The van der Waals surface area contributed by atoms with E-state index in [9.17, 15) is 0 Å². The standard InChI is InChI=1S/C14H26N4/c1-4-12-5-6-18(13(8-12)9-15)10-14-7-11(2)16-17(14)3/h7,12-13H,4-6,8-10,15H2,1-3H3. The number of rotatable bonds is 4. The molecule has 4 heteroatoms. The Balaban J connectivity index is 2.02. The van der Waals surface area contributed by atoms with Crippen LogP contribution in [-0.4, -0.2) is 33.8 Å². The Morgan fingerprint density at radius 1 is 1.50 bits per heavy atom. The van der Waals surface area contributed by atoms with Gasteiger partial charge in [0.15, 0.2) is 0 Å². The van der Waals surface area contributed by atoms with Gasteiger partial charge in [0, 0.05) is 26.2 Å². The number of likely N-dealkylation sites (tertiary alicyclic amines) is 1. The van der Waals surface area contributed by atoms with Gasteiger partial charge in [-0.3, -0.25) is 9.58 Å². The second kappa shape index (κ2) is 5.85. The first kappa shape index (κ1) is 13.6. The van der Waals surface area contributed by atoms with Crippen molar-refractivity contribution in [2.75, 3.05) is 13.1 Å². The van der Waals surface area contributed by atoms with Crippen LogP contribution in [0.15, 0.2) is 6.07 Å². The topological polar surface area (TPSA) is 47.1 Å². The Bertz CT molecular complexity index is 385. The highest BCUT2D eigenvalue weighted by Crippen LogP contribution is 2.26. The fourth-order valence-corrected chi connectivity index (χ4v) is 3.03. The minimum atomic E-state index is 0.541. The van der Waals surface area contributed by atoms with E-state index >= 15 is 0 Å². The van der Waals surface area contributed by atoms with Crippen LogP contribution >= 0.6 is 0 Å². The first-order valence-corrected chi connectivity index (χ1v) is 7.07. The first-order valence-electron chi connectivity index (χ1n) is 7.07. The molecule has 0 radical (unpaired) electrons. The SMILES string of the molecule is CCC1CCN(Cc2cc(C)nn2C)C(CN)C1. The minimum absolute atomic E-state index is 0.541. The molecule has 102 valence electrons. The largest absolute Gasteiger partial charge is 0.329 e. The highest BCUT2D eigenvalue weighted by atomic mass is 15.3. The molecule has 0 spiro atoms. The van der Waals surface area contributed by atoms with E-state index in [4.69, 9.17) is 5.73 Å². The Labute approximate surface area is 110 Å². The summed E-state index contributed by atoms with van der Waals surface area (Å²) < 4.78 is 1.99. The normalized spacial score (nSPS) is 25.6. The maximum atomic E-state index is 5.94. The zero-order chi connectivity index (χ0) is 13.1. The number of nitrogens with zero attached hydrogens (tertiary/aromatic N) is 3. The smallest absolute Gasteiger partial charge is 0.0597 e. The van der Waals surface area contributed by atoms with Gasteiger partial charge in [-0.25, -0.2) is 0 Å². The van der Waals surface area contributed by atoms with E-state index in [-0.39, 0.29) is 0 Å². The van der Waals surface area contributed by atoms with Crippen molar-refractivity contribution in [2.45, 2.75) is 45.7 Å². The van der Waals surface area contributed by atoms with Crippen molar-refractivity contribution in [1.29, 1.82) is 0 Å². The van der Waals surface area contributed by atoms with E-state index in [1.807, 2.05) is 18.7 Å². The van der Waals surface area contributed by atoms with Gasteiger partial charge >= 0.3 is 0 Å². The molecule has 0 aromatic carbocycles. The monoisotopic (exact) mass is 250 g/mol. The fourth-order valence-electron chi connectivity index (χ4n) is 3.03. The summed E-state index contributed by atoms with van der Waals surface area (Å²) in [4.78, 5) is 2.53. The molecule has 1 aliphatic rings. The van der Waals surface area contributed by atoms with Crippen LogP contribution in [0.2, 0.25) is 0 Å². The van der Waals surface area contributed by atoms with Crippen molar-refractivity contribution in [3.8, 4) is 0 Å². The van der Waals surface area contributed by atoms with Gasteiger partial charge in [-0.15, -0.1) is 0 Å². The molecule has 1 aliphatic heterocycles. The minimum Gasteiger partial charge on any atom is -0.329 e. The predicted molar refractivity (Wildman–Crippen MR) is 74.2 cm³/mol. The van der Waals surface area contributed by atoms with Crippen molar-refractivity contribution < 1.29 is 0 Å². The number of nitrogens with two attached hydrogens (primary N) is 1. The number of piperidine rings is 1. The molecule has 0 saturated carbocycles. The molecule has 2 N–H and O–H groups in total. The lowest BCUT2D eigenvalue weighted by molar-refractivity contribution is 0.105. The van der Waals surface area contributed by atoms with Crippen LogP contribution < -0.4 is 5.73 Å². The van der Waals surface area contributed by atoms with Crippen molar-refractivity contribution in [2.24, 2.45) is 18.7 Å². The molecule has 18 heavy (non-hydrogen) atoms. The fraction of sp³-hybridized carbons (Fsp3) is 0.786. The molecule has 2 heterocycles. The predicted octanol–water partition coefficient (Wildman–Crippen LogP) is 1.68. The molecule has 0 aliphatic carbocycles. The molecule has 1 fully saturated rings. The first-order chi connectivity index (χ1) is 8.63. The van der Waals surface area contributed by atoms with Gasteiger partial charge in [-0.1, -0.05) is 13.3 Å². The van der Waals surface area contributed by atoms with Crippen molar-refractivity contribution in [1.82, 2.24) is 14.7 Å². The number of hydrogen-bond acceptors (Lipinski definition) is 3. The average Bonchev–Trinajstić information content (AvgIpc) is 2.68. The summed E-state index contributed by atoms with van der Waals surface area (Å²) in [5.41, 5.74) is 8.33. The van der Waals surface area contributed by atoms with E-state index in [0.717, 1.165) is 24.7 Å². The Morgan fingerprint density at radius 2 is 2.28 bits per heavy atom. The second-order valence-corrected chi connectivity index (χ2v) is 5.56. The molecule has 2 rings (SSSR count). The molecular formula is C14H26N4. The average molecular weight is 250 g/mol. The summed E-state index contributed by atoms with van der Waals surface area (Å²) in [7, 11) is 2.03. The molecule has 4 nitrogen and oxygen atoms in total. The van der Waals surface area contributed by atoms with Crippen LogP contribution in [0.4, 0.5) is 0 Å². The third-order valence-electron chi connectivity index (χ3n) is 4.26. The van der Waals surface area contributed by atoms with Gasteiger partial charge in [0.2, 0.25) is 0 Å². The molecule has 1 aromatic heterocycles. The lowest BCUT2D eigenvalue weighted by atomic mass is 9.89. The summed E-state index contributed by atoms with van der Waals surface area (Å²) >= 11 is 0. The van der Waals surface area contributed by atoms with Gasteiger partial charge in [0.25, 0.3) is 0 Å². The third kappa shape index (κ3) is 2.93. The van der Waals surface area contributed by atoms with Crippen LogP contribution in [-0.2, 0) is 13.6 Å². The number of hydrogen-bond donors (Lipinski definition) is 1. The summed E-state index contributed by atoms with van der Waals surface area (Å²) in [6.45, 7) is 7.26. The summed E-state index contributed by atoms with van der Waals surface area (Å²) in [5.74, 6) is 0.864. The van der Waals surface area contributed by atoms with Crippen molar-refractivity contribution in [3.63, 3.8) is 0 Å². The van der Waals surface area contributed by atoms with E-state index < -0.39 is 0 Å². The highest BCUT2D eigenvalue weighted by Gasteiger charge is 2.27. The van der Waals surface area contributed by atoms with Gasteiger partial charge in [0.05, 0.1) is 11.4 Å². The van der Waals surface area contributed by atoms with Crippen molar-refractivity contribution >= 4 is 0 Å². The highest BCUT2D eigenvalue weighted by molar-refractivity contribution is 5.09. The van der Waals surface area contributed by atoms with Gasteiger partial charge in [-0.2, -0.15) is 5.10 Å². The van der Waals surface area contributed by atoms with Gasteiger partial charge in [-0.05, 0) is 38.3 Å². The van der Waals surface area contributed by atoms with E-state index in [1.165, 1.54) is 31.5 Å². The van der Waals surface area contributed by atoms with Crippen LogP contribution in [0.1, 0.15) is 37.6 Å². The lowest BCUT2D eigenvalue weighted by Gasteiger charge is -2.38. The lowest BCUT2D eigenvalue weighted by Crippen LogP contribution is -2.46. The van der Waals surface area contributed by atoms with Crippen LogP contribution in [0.25, 0.3) is 0 Å². The maximum absolute atomic E-state index is 5.94. The molecule has 0 bridgehead atoms. The Hall–Kier alpha value is -0.870. The molecular weight excluding hydrogens is 224 g/mol. The molecule has 2 atom stereocenters. The molecule has 0 amide bonds. The summed E-state index contributed by atoms with van der Waals surface area (Å²) in [5, 5.41) is 4.42. The Morgan fingerprint density at radius 3 is 2.83 bits per heavy atom. The summed E-state index contributed by atoms with van der Waals surface area (Å²) in [6.07, 6.45) is 3.85. The quantitative estimate of drug-likeness (QED) is 0.884. The van der Waals surface area contributed by atoms with Crippen LogP contribution in [0.5, 0.6) is 0 Å². The molecule has 1 aromatic rings. The number of aromatic nitrogens is 2.